The van der Waals surface area contributed by atoms with E-state index in [1.165, 1.54) is 181 Å². The van der Waals surface area contributed by atoms with Crippen molar-refractivity contribution in [3.8, 4) is 0 Å². The van der Waals surface area contributed by atoms with Crippen molar-refractivity contribution in [2.75, 3.05) is 33.5 Å². The van der Waals surface area contributed by atoms with Crippen LogP contribution in [-0.2, 0) is 109 Å². The van der Waals surface area contributed by atoms with E-state index in [0.29, 0.717) is 17.7 Å². The first-order valence-electron chi connectivity index (χ1n) is 49.9. The lowest BCUT2D eigenvalue weighted by molar-refractivity contribution is -0.383. The van der Waals surface area contributed by atoms with Crippen LogP contribution in [0.25, 0.3) is 0 Å². The van der Waals surface area contributed by atoms with Crippen LogP contribution in [0, 0.1) is 0 Å². The minimum Gasteiger partial charge on any atom is -0.465 e. The summed E-state index contributed by atoms with van der Waals surface area (Å²) in [7, 11) is 0.868. The van der Waals surface area contributed by atoms with Crippen LogP contribution in [0.4, 0.5) is 4.79 Å². The Bertz CT molecular complexity index is 4960. The summed E-state index contributed by atoms with van der Waals surface area (Å²) < 4.78 is 108. The van der Waals surface area contributed by atoms with Gasteiger partial charge in [-0.1, -0.05) is 283 Å². The quantitative estimate of drug-likeness (QED) is 0.0155. The predicted octanol–water partition coefficient (Wildman–Crippen LogP) is 17.0. The minimum absolute atomic E-state index is 0.00956. The van der Waals surface area contributed by atoms with Crippen molar-refractivity contribution < 1.29 is 148 Å². The lowest BCUT2D eigenvalue weighted by atomic mass is 9.87. The molecule has 4 aliphatic rings. The Labute approximate surface area is 830 Å². The van der Waals surface area contributed by atoms with E-state index < -0.39 is 220 Å². The van der Waals surface area contributed by atoms with Crippen LogP contribution in [0.5, 0.6) is 0 Å². The van der Waals surface area contributed by atoms with Gasteiger partial charge in [-0.05, 0) is 98.1 Å². The monoisotopic (exact) mass is 1970 g/mol. The van der Waals surface area contributed by atoms with Crippen LogP contribution in [0.3, 0.4) is 0 Å². The Balaban J connectivity index is 1.10. The van der Waals surface area contributed by atoms with Gasteiger partial charge in [-0.25, -0.2) is 43.3 Å². The van der Waals surface area contributed by atoms with E-state index in [-0.39, 0.29) is 39.8 Å². The van der Waals surface area contributed by atoms with Crippen molar-refractivity contribution in [3.05, 3.63) is 228 Å². The Hall–Kier alpha value is -12.1. The maximum absolute atomic E-state index is 15.5. The summed E-state index contributed by atoms with van der Waals surface area (Å²) in [4.78, 5) is 188. The van der Waals surface area contributed by atoms with E-state index in [4.69, 9.17) is 80.5 Å². The number of ether oxygens (including phenoxy) is 17. The third kappa shape index (κ3) is 34.9. The number of allylic oxidation sites excluding steroid dienone is 1. The van der Waals surface area contributed by atoms with E-state index >= 15 is 19.2 Å². The highest BCUT2D eigenvalue weighted by Crippen LogP contribution is 2.46. The van der Waals surface area contributed by atoms with E-state index in [9.17, 15) is 48.3 Å². The van der Waals surface area contributed by atoms with Crippen LogP contribution < -0.4 is 5.32 Å². The summed E-state index contributed by atoms with van der Waals surface area (Å²) in [6, 6.07) is 42.5. The molecule has 0 aliphatic carbocycles. The molecule has 0 radical (unpaired) electrons. The number of amides is 3. The summed E-state index contributed by atoms with van der Waals surface area (Å²) in [6.07, 6.45) is -1.51. The molecule has 33 heteroatoms. The number of fused-ring (bicyclic) bond motifs is 1. The number of imide groups is 1. The average Bonchev–Trinajstić information content (AvgIpc) is 1.54. The first kappa shape index (κ1) is 112. The molecule has 0 saturated carbocycles. The molecule has 0 unspecified atom stereocenters. The fourth-order valence-corrected chi connectivity index (χ4v) is 17.6. The number of hydrogen-bond acceptors (Lipinski definition) is 31. The Morgan fingerprint density at radius 2 is 0.859 bits per heavy atom. The van der Waals surface area contributed by atoms with Gasteiger partial charge in [0, 0.05) is 34.1 Å². The summed E-state index contributed by atoms with van der Waals surface area (Å²) in [6.45, 7) is 4.66. The van der Waals surface area contributed by atoms with Crippen LogP contribution in [0.2, 0.25) is 0 Å². The summed E-state index contributed by atoms with van der Waals surface area (Å²) in [5, 5.41) is 17.0. The summed E-state index contributed by atoms with van der Waals surface area (Å²) in [5.41, 5.74) is -0.257. The van der Waals surface area contributed by atoms with Gasteiger partial charge in [0.25, 0.3) is 5.79 Å². The first-order valence-corrected chi connectivity index (χ1v) is 49.9. The Morgan fingerprint density at radius 3 is 1.30 bits per heavy atom. The van der Waals surface area contributed by atoms with E-state index in [0.717, 1.165) is 112 Å². The van der Waals surface area contributed by atoms with Gasteiger partial charge in [-0.15, -0.1) is 0 Å². The van der Waals surface area contributed by atoms with Crippen LogP contribution in [-0.4, -0.2) is 231 Å². The molecule has 4 heterocycles. The third-order valence-electron chi connectivity index (χ3n) is 25.0. The highest BCUT2D eigenvalue weighted by molar-refractivity contribution is 5.94. The van der Waals surface area contributed by atoms with Gasteiger partial charge in [0.2, 0.25) is 11.8 Å². The van der Waals surface area contributed by atoms with Crippen LogP contribution in [0.15, 0.2) is 194 Å². The molecule has 142 heavy (non-hydrogen) atoms. The normalized spacial score (nSPS) is 22.2. The smallest absolute Gasteiger partial charge is 0.417 e. The summed E-state index contributed by atoms with van der Waals surface area (Å²) in [5.74, 6) is -15.6. The van der Waals surface area contributed by atoms with Gasteiger partial charge in [-0.2, -0.15) is 0 Å². The van der Waals surface area contributed by atoms with Crippen molar-refractivity contribution in [2.45, 2.75) is 338 Å². The highest BCUT2D eigenvalue weighted by Gasteiger charge is 2.67. The molecule has 6 aromatic rings. The molecule has 33 nitrogen and oxygen atoms in total. The Kier molecular flexibility index (Phi) is 47.0. The number of esters is 10. The lowest BCUT2D eigenvalue weighted by Gasteiger charge is -2.51. The number of unbranched alkanes of at least 4 members (excludes halogenated alkanes) is 25. The number of aliphatic hydroxyl groups excluding tert-OH is 1. The second kappa shape index (κ2) is 59.7. The molecule has 6 aromatic carbocycles. The zero-order valence-electron chi connectivity index (χ0n) is 82.3. The zero-order chi connectivity index (χ0) is 102. The molecule has 3 amide bonds. The number of nitrogens with one attached hydrogen (secondary N) is 1. The van der Waals surface area contributed by atoms with Crippen LogP contribution in [0.1, 0.15) is 290 Å². The number of nitrogens with zero attached hydrogens (tertiary/aromatic N) is 1. The van der Waals surface area contributed by atoms with E-state index in [2.05, 4.69) is 19.2 Å². The number of hydrogen-bond donors (Lipinski definition) is 2. The highest BCUT2D eigenvalue weighted by atomic mass is 16.8. The summed E-state index contributed by atoms with van der Waals surface area (Å²) >= 11 is 0. The minimum atomic E-state index is -3.20. The van der Waals surface area contributed by atoms with Crippen molar-refractivity contribution in [3.63, 3.8) is 0 Å². The second-order valence-electron chi connectivity index (χ2n) is 35.9. The van der Waals surface area contributed by atoms with E-state index in [1.807, 2.05) is 6.08 Å². The van der Waals surface area contributed by atoms with Crippen molar-refractivity contribution in [2.24, 2.45) is 0 Å². The molecule has 4 fully saturated rings. The standard InChI is InChI=1S/C109H138N2O31/c1-8-10-12-14-16-18-20-22-23-25-27-29-31-33-53-67-89(116)110-83(84(133-101(120)79-58-44-36-45-59-79)66-52-32-30-28-26-24-21-19-17-15-13-11-9-2)69-130-105-98(139-104(123)82-64-50-39-51-65-82)97(138-103(122)81-62-48-38-49-63-81)94(88(134-105)72-129-100(119)78-56-42-35-43-57-78)140-106-96(137-102(121)80-60-46-37-47-61-80)91(117)92(86(135-106)71-128-99(118)77-54-40-34-41-55-77)141-109(107(124)126-7)68-85-90(111(73(3)112)108(125)136-85)95(142-109)93(132-76(6)115)87(131-75(5)114)70-127-74(4)113/h34-52,54-66,83-88,90-98,105-106,117H,8-33,53,67-72H2,1-7H3,(H,110,116)/b66-52+/t83-,84+,85-,86+,87+,88+,90+,91-,92-,93+,94+,95+,96+,97-,98+,105+,106-,109+/m0/s1. The van der Waals surface area contributed by atoms with Gasteiger partial charge < -0.3 is 90.9 Å². The molecular formula is C109H138N2O31. The topological polar surface area (TPSA) is 414 Å². The SMILES string of the molecule is CCCCCCCCCCCCC/C=C/[C@@H](OC(=O)c1ccccc1)[C@H](CO[C@@H]1O[C@H](COC(=O)c2ccccc2)[C@@H](O[C@@H]2O[C@H](COC(=O)c3ccccc3)[C@H](O[C@]3(C(=O)OC)C[C@@H]4OC(=O)N(C(C)=O)[C@H]4[C@H]([C@H](OC(C)=O)[C@@H](COC(C)=O)OC(C)=O)O3)[C@H](O)[C@H]2OC(=O)c2ccccc2)[C@H](OC(=O)c2ccccc2)[C@H]1OC(=O)c1ccccc1)NC(=O)CCCCCCCCCCCCCCCCC. The largest absolute Gasteiger partial charge is 0.465 e. The predicted molar refractivity (Wildman–Crippen MR) is 515 cm³/mol. The fourth-order valence-electron chi connectivity index (χ4n) is 17.6. The van der Waals surface area contributed by atoms with Gasteiger partial charge in [0.1, 0.15) is 74.7 Å². The number of carbonyl (C=O) groups is 13. The Morgan fingerprint density at radius 1 is 0.451 bits per heavy atom. The number of methoxy groups -OCH3 is 1. The molecule has 2 N–H and O–H groups in total. The molecule has 770 valence electrons. The average molecular weight is 1970 g/mol. The van der Waals surface area contributed by atoms with Gasteiger partial charge in [0.05, 0.1) is 59.6 Å². The molecule has 4 aliphatic heterocycles. The first-order chi connectivity index (χ1) is 68.8. The molecule has 4 saturated heterocycles. The van der Waals surface area contributed by atoms with Gasteiger partial charge >= 0.3 is 65.8 Å². The molecule has 18 atom stereocenters. The van der Waals surface area contributed by atoms with Crippen molar-refractivity contribution in [1.82, 2.24) is 10.2 Å². The number of rotatable bonds is 59. The van der Waals surface area contributed by atoms with Crippen LogP contribution >= 0.6 is 0 Å². The number of aliphatic hydroxyl groups is 1. The molecule has 0 spiro atoms. The molecular weight excluding hydrogens is 1830 g/mol. The van der Waals surface area contributed by atoms with Gasteiger partial charge in [-0.3, -0.25) is 24.0 Å². The third-order valence-corrected chi connectivity index (χ3v) is 25.0. The zero-order valence-corrected chi connectivity index (χ0v) is 82.3. The molecule has 0 bridgehead atoms. The fraction of sp³-hybridized carbons (Fsp3) is 0.532. The lowest BCUT2D eigenvalue weighted by Crippen LogP contribution is -2.70. The van der Waals surface area contributed by atoms with Crippen molar-refractivity contribution >= 4 is 77.6 Å². The van der Waals surface area contributed by atoms with Gasteiger partial charge in [0.15, 0.2) is 43.1 Å². The van der Waals surface area contributed by atoms with E-state index in [1.54, 1.807) is 91.0 Å². The maximum Gasteiger partial charge on any atom is 0.417 e. The van der Waals surface area contributed by atoms with Crippen molar-refractivity contribution in [1.29, 1.82) is 0 Å². The number of benzene rings is 6. The maximum atomic E-state index is 15.5. The molecule has 10 rings (SSSR count). The second-order valence-corrected chi connectivity index (χ2v) is 35.9. The molecule has 0 aromatic heterocycles. The number of carbonyl (C=O) groups excluding carboxylic acids is 13.